The fraction of sp³-hybridized carbons (Fsp3) is 0.471. The van der Waals surface area contributed by atoms with Crippen molar-refractivity contribution in [2.45, 2.75) is 78.3 Å². The molecule has 1 fully saturated rings. The Balaban J connectivity index is 0.00000188. The molecule has 2 aliphatic rings. The summed E-state index contributed by atoms with van der Waals surface area (Å²) in [4.78, 5) is 12.7. The summed E-state index contributed by atoms with van der Waals surface area (Å²) < 4.78 is 25.7. The predicted molar refractivity (Wildman–Crippen MR) is 172 cm³/mol. The molecule has 5 heterocycles. The van der Waals surface area contributed by atoms with E-state index in [0.29, 0.717) is 42.1 Å². The van der Waals surface area contributed by atoms with Crippen LogP contribution in [0.15, 0.2) is 52.0 Å². The number of halogens is 1. The highest BCUT2D eigenvalue weighted by Crippen LogP contribution is 2.43. The van der Waals surface area contributed by atoms with Gasteiger partial charge in [0.05, 0.1) is 17.4 Å². The average molecular weight is 602 g/mol. The number of rotatable bonds is 8. The molecule has 2 unspecified atom stereocenters. The largest absolute Gasteiger partial charge is 0.423 e. The van der Waals surface area contributed by atoms with Crippen molar-refractivity contribution in [3.8, 4) is 0 Å². The fourth-order valence-corrected chi connectivity index (χ4v) is 6.04. The van der Waals surface area contributed by atoms with Crippen molar-refractivity contribution >= 4 is 22.8 Å². The number of H-pyrrole nitrogens is 1. The lowest BCUT2D eigenvalue weighted by molar-refractivity contribution is 0.0389. The number of aliphatic imine (C=N–C) groups is 1. The van der Waals surface area contributed by atoms with Crippen LogP contribution in [0.3, 0.4) is 0 Å². The zero-order chi connectivity index (χ0) is 31.4. The standard InChI is InChI=1S/C32H38FN7O2.C2H6/c1-18(2)30-39-40-31(42-30)32(34,21-11-13-41-14-12-21)29-23(22-7-5-6-8-25(22)38-29)15-19(3)27-16-36-28(17-35-27)26-10-9-24(33)20(4)37-26;1-2/h5-10,16-19,21,27,35,38H,11-15,34H2,1-4H3;1-2H3/t19-,27?,32?;/m1./s1. The van der Waals surface area contributed by atoms with E-state index in [1.807, 2.05) is 46.2 Å². The molecule has 4 N–H and O–H groups in total. The molecule has 9 nitrogen and oxygen atoms in total. The molecular weight excluding hydrogens is 557 g/mol. The summed E-state index contributed by atoms with van der Waals surface area (Å²) in [6.45, 7) is 13.2. The Morgan fingerprint density at radius 3 is 2.48 bits per heavy atom. The van der Waals surface area contributed by atoms with Crippen LogP contribution in [0.2, 0.25) is 0 Å². The summed E-state index contributed by atoms with van der Waals surface area (Å²) in [6, 6.07) is 11.3. The number of nitrogens with two attached hydrogens (primary N) is 1. The molecule has 0 bridgehead atoms. The van der Waals surface area contributed by atoms with Gasteiger partial charge in [-0.15, -0.1) is 10.2 Å². The molecule has 10 heteroatoms. The van der Waals surface area contributed by atoms with Gasteiger partial charge in [-0.1, -0.05) is 52.8 Å². The van der Waals surface area contributed by atoms with Crippen LogP contribution in [0.4, 0.5) is 4.39 Å². The number of nitrogens with one attached hydrogen (secondary N) is 2. The number of aromatic amines is 1. The predicted octanol–water partition coefficient (Wildman–Crippen LogP) is 6.39. The van der Waals surface area contributed by atoms with Crippen molar-refractivity contribution < 1.29 is 13.5 Å². The molecule has 0 saturated carbocycles. The molecule has 234 valence electrons. The minimum Gasteiger partial charge on any atom is -0.423 e. The molecule has 6 rings (SSSR count). The van der Waals surface area contributed by atoms with Crippen molar-refractivity contribution in [3.63, 3.8) is 0 Å². The van der Waals surface area contributed by atoms with Crippen molar-refractivity contribution in [1.82, 2.24) is 25.5 Å². The van der Waals surface area contributed by atoms with Crippen LogP contribution >= 0.6 is 0 Å². The average Bonchev–Trinajstić information content (AvgIpc) is 3.70. The first-order chi connectivity index (χ1) is 21.3. The number of hydrogen-bond donors (Lipinski definition) is 3. The number of pyridine rings is 1. The Morgan fingerprint density at radius 1 is 1.07 bits per heavy atom. The summed E-state index contributed by atoms with van der Waals surface area (Å²) >= 11 is 0. The van der Waals surface area contributed by atoms with Gasteiger partial charge >= 0.3 is 0 Å². The van der Waals surface area contributed by atoms with E-state index in [0.717, 1.165) is 41.4 Å². The van der Waals surface area contributed by atoms with E-state index >= 15 is 0 Å². The van der Waals surface area contributed by atoms with Crippen molar-refractivity contribution in [3.05, 3.63) is 82.8 Å². The summed E-state index contributed by atoms with van der Waals surface area (Å²) in [5.41, 5.74) is 11.2. The van der Waals surface area contributed by atoms with Crippen LogP contribution < -0.4 is 11.1 Å². The van der Waals surface area contributed by atoms with Gasteiger partial charge in [-0.25, -0.2) is 9.37 Å². The number of nitrogens with zero attached hydrogens (tertiary/aromatic N) is 4. The van der Waals surface area contributed by atoms with E-state index in [4.69, 9.17) is 14.9 Å². The number of para-hydroxylation sites is 1. The minimum absolute atomic E-state index is 0.0250. The third kappa shape index (κ3) is 6.05. The lowest BCUT2D eigenvalue weighted by Gasteiger charge is -2.37. The maximum atomic E-state index is 13.7. The monoisotopic (exact) mass is 601 g/mol. The smallest absolute Gasteiger partial charge is 0.242 e. The van der Waals surface area contributed by atoms with Gasteiger partial charge in [0.1, 0.15) is 17.1 Å². The van der Waals surface area contributed by atoms with E-state index < -0.39 is 5.54 Å². The highest BCUT2D eigenvalue weighted by molar-refractivity contribution is 5.85. The molecule has 4 aromatic rings. The van der Waals surface area contributed by atoms with E-state index in [1.165, 1.54) is 6.07 Å². The molecule has 3 aromatic heterocycles. The van der Waals surface area contributed by atoms with E-state index in [1.54, 1.807) is 13.0 Å². The van der Waals surface area contributed by atoms with Gasteiger partial charge < -0.3 is 25.2 Å². The van der Waals surface area contributed by atoms with Crippen LogP contribution in [-0.4, -0.2) is 45.6 Å². The van der Waals surface area contributed by atoms with Gasteiger partial charge in [0, 0.05) is 48.1 Å². The van der Waals surface area contributed by atoms with Gasteiger partial charge in [0.15, 0.2) is 0 Å². The third-order valence-electron chi connectivity index (χ3n) is 8.59. The minimum atomic E-state index is -1.01. The SMILES string of the molecule is CC.Cc1nc(C2=CNC([C@H](C)Cc3c(C(N)(c4nnc(C(C)C)o4)C4CCOCC4)[nH]c4ccccc34)C=N2)ccc1F. The van der Waals surface area contributed by atoms with Gasteiger partial charge in [-0.3, -0.25) is 4.99 Å². The normalized spacial score (nSPS) is 19.2. The second-order valence-corrected chi connectivity index (χ2v) is 11.8. The number of ether oxygens (including phenoxy) is 1. The molecule has 1 saturated heterocycles. The number of benzene rings is 1. The molecule has 0 aliphatic carbocycles. The maximum Gasteiger partial charge on any atom is 0.242 e. The van der Waals surface area contributed by atoms with Crippen molar-refractivity contribution in [2.24, 2.45) is 22.6 Å². The number of aryl methyl sites for hydroxylation is 1. The maximum absolute atomic E-state index is 13.7. The second kappa shape index (κ2) is 13.4. The van der Waals surface area contributed by atoms with Crippen molar-refractivity contribution in [1.29, 1.82) is 0 Å². The topological polar surface area (TPSA) is 127 Å². The molecule has 44 heavy (non-hydrogen) atoms. The van der Waals surface area contributed by atoms with E-state index in [9.17, 15) is 4.39 Å². The van der Waals surface area contributed by atoms with Gasteiger partial charge in [0.2, 0.25) is 11.8 Å². The number of hydrogen-bond acceptors (Lipinski definition) is 8. The van der Waals surface area contributed by atoms with Crippen LogP contribution in [0.5, 0.6) is 0 Å². The molecule has 2 aliphatic heterocycles. The first-order valence-corrected chi connectivity index (χ1v) is 15.7. The summed E-state index contributed by atoms with van der Waals surface area (Å²) in [7, 11) is 0. The first kappa shape index (κ1) is 31.5. The molecule has 1 aromatic carbocycles. The number of fused-ring (bicyclic) bond motifs is 1. The Labute approximate surface area is 258 Å². The Kier molecular flexibility index (Phi) is 9.60. The highest BCUT2D eigenvalue weighted by atomic mass is 19.1. The first-order valence-electron chi connectivity index (χ1n) is 15.7. The summed E-state index contributed by atoms with van der Waals surface area (Å²) in [5.74, 6) is 0.988. The van der Waals surface area contributed by atoms with Crippen molar-refractivity contribution in [2.75, 3.05) is 13.2 Å². The van der Waals surface area contributed by atoms with Crippen LogP contribution in [-0.2, 0) is 16.7 Å². The van der Waals surface area contributed by atoms with E-state index in [2.05, 4.69) is 55.6 Å². The van der Waals surface area contributed by atoms with E-state index in [-0.39, 0.29) is 29.6 Å². The quantitative estimate of drug-likeness (QED) is 0.214. The zero-order valence-corrected chi connectivity index (χ0v) is 26.5. The lowest BCUT2D eigenvalue weighted by Crippen LogP contribution is -2.49. The third-order valence-corrected chi connectivity index (χ3v) is 8.59. The molecule has 0 spiro atoms. The molecule has 0 radical (unpaired) electrons. The van der Waals surface area contributed by atoms with Gasteiger partial charge in [0.25, 0.3) is 0 Å². The summed E-state index contributed by atoms with van der Waals surface area (Å²) in [5, 5.41) is 13.5. The van der Waals surface area contributed by atoms with Crippen LogP contribution in [0.25, 0.3) is 16.6 Å². The molecular formula is C34H44FN7O2. The summed E-state index contributed by atoms with van der Waals surface area (Å²) in [6.07, 6.45) is 6.09. The second-order valence-electron chi connectivity index (χ2n) is 11.8. The zero-order valence-electron chi connectivity index (χ0n) is 26.5. The Bertz CT molecular complexity index is 1640. The van der Waals surface area contributed by atoms with Gasteiger partial charge in [-0.2, -0.15) is 0 Å². The highest BCUT2D eigenvalue weighted by Gasteiger charge is 2.47. The molecule has 3 atom stereocenters. The number of aromatic nitrogens is 4. The van der Waals surface area contributed by atoms with Crippen LogP contribution in [0.1, 0.15) is 87.8 Å². The van der Waals surface area contributed by atoms with Gasteiger partial charge in [-0.05, 0) is 61.8 Å². The Morgan fingerprint density at radius 2 is 1.82 bits per heavy atom. The lowest BCUT2D eigenvalue weighted by atomic mass is 9.75. The van der Waals surface area contributed by atoms with Crippen LogP contribution in [0, 0.1) is 24.6 Å². The fourth-order valence-electron chi connectivity index (χ4n) is 6.04. The Hall–Kier alpha value is -3.89. The molecule has 0 amide bonds.